The van der Waals surface area contributed by atoms with E-state index in [1.54, 1.807) is 7.05 Å². The van der Waals surface area contributed by atoms with Gasteiger partial charge in [0.2, 0.25) is 0 Å². The summed E-state index contributed by atoms with van der Waals surface area (Å²) in [6.07, 6.45) is 2.13. The van der Waals surface area contributed by atoms with Crippen LogP contribution in [0.1, 0.15) is 0 Å². The molecule has 0 fully saturated rings. The third-order valence-corrected chi connectivity index (χ3v) is 1.73. The van der Waals surface area contributed by atoms with Gasteiger partial charge >= 0.3 is 0 Å². The number of aliphatic hydroxyl groups excluding tert-OH is 2. The molecule has 1 heterocycles. The van der Waals surface area contributed by atoms with Crippen molar-refractivity contribution in [1.29, 1.82) is 0 Å². The molecule has 6 nitrogen and oxygen atoms in total. The minimum absolute atomic E-state index is 0.1000. The SMILES string of the molecule is Cn1ccnc(NCC(O)CO)c1=O. The van der Waals surface area contributed by atoms with Crippen LogP contribution < -0.4 is 10.9 Å². The van der Waals surface area contributed by atoms with Crippen LogP contribution in [-0.4, -0.2) is 39.0 Å². The minimum atomic E-state index is -0.887. The first-order valence-corrected chi connectivity index (χ1v) is 4.19. The number of nitrogens with zero attached hydrogens (tertiary/aromatic N) is 2. The second-order valence-electron chi connectivity index (χ2n) is 2.91. The highest BCUT2D eigenvalue weighted by Crippen LogP contribution is 1.92. The van der Waals surface area contributed by atoms with E-state index in [0.717, 1.165) is 0 Å². The molecule has 3 N–H and O–H groups in total. The first-order chi connectivity index (χ1) is 6.65. The normalized spacial score (nSPS) is 12.5. The quantitative estimate of drug-likeness (QED) is 0.552. The number of nitrogens with one attached hydrogen (secondary N) is 1. The zero-order valence-electron chi connectivity index (χ0n) is 7.84. The molecule has 0 amide bonds. The molecule has 78 valence electrons. The summed E-state index contributed by atoms with van der Waals surface area (Å²) in [6, 6.07) is 0. The van der Waals surface area contributed by atoms with Crippen LogP contribution in [0.4, 0.5) is 5.82 Å². The van der Waals surface area contributed by atoms with Crippen LogP contribution in [0.25, 0.3) is 0 Å². The van der Waals surface area contributed by atoms with Crippen LogP contribution in [0.2, 0.25) is 0 Å². The second-order valence-corrected chi connectivity index (χ2v) is 2.91. The van der Waals surface area contributed by atoms with E-state index in [0.29, 0.717) is 0 Å². The fourth-order valence-electron chi connectivity index (χ4n) is 0.898. The highest BCUT2D eigenvalue weighted by molar-refractivity contribution is 5.30. The van der Waals surface area contributed by atoms with E-state index in [-0.39, 0.29) is 24.5 Å². The van der Waals surface area contributed by atoms with Crippen LogP contribution in [-0.2, 0) is 7.05 Å². The fraction of sp³-hybridized carbons (Fsp3) is 0.500. The number of anilines is 1. The molecule has 1 aromatic rings. The van der Waals surface area contributed by atoms with Crippen LogP contribution in [0, 0.1) is 0 Å². The first kappa shape index (κ1) is 10.7. The van der Waals surface area contributed by atoms with Gasteiger partial charge < -0.3 is 20.1 Å². The number of aryl methyl sites for hydroxylation is 1. The van der Waals surface area contributed by atoms with E-state index in [1.807, 2.05) is 0 Å². The van der Waals surface area contributed by atoms with Gasteiger partial charge in [-0.05, 0) is 0 Å². The van der Waals surface area contributed by atoms with E-state index in [1.165, 1.54) is 17.0 Å². The summed E-state index contributed by atoms with van der Waals surface area (Å²) < 4.78 is 1.38. The van der Waals surface area contributed by atoms with Gasteiger partial charge in [0, 0.05) is 26.0 Å². The van der Waals surface area contributed by atoms with E-state index < -0.39 is 6.10 Å². The predicted molar refractivity (Wildman–Crippen MR) is 51.1 cm³/mol. The Morgan fingerprint density at radius 3 is 3.07 bits per heavy atom. The Hall–Kier alpha value is -1.40. The summed E-state index contributed by atoms with van der Waals surface area (Å²) in [5, 5.41) is 20.2. The molecule has 6 heteroatoms. The molecule has 1 aromatic heterocycles. The Kier molecular flexibility index (Phi) is 3.61. The summed E-state index contributed by atoms with van der Waals surface area (Å²) in [7, 11) is 1.61. The van der Waals surface area contributed by atoms with Gasteiger partial charge in [0.15, 0.2) is 5.82 Å². The Bertz CT molecular complexity index is 350. The summed E-state index contributed by atoms with van der Waals surface area (Å²) in [5.41, 5.74) is -0.266. The molecule has 0 aliphatic heterocycles. The Labute approximate surface area is 80.8 Å². The standard InChI is InChI=1S/C8H13N3O3/c1-11-3-2-9-7(8(11)14)10-4-6(13)5-12/h2-3,6,12-13H,4-5H2,1H3,(H,9,10). The molecule has 0 bridgehead atoms. The maximum Gasteiger partial charge on any atom is 0.293 e. The van der Waals surface area contributed by atoms with Gasteiger partial charge in [-0.25, -0.2) is 4.98 Å². The summed E-state index contributed by atoms with van der Waals surface area (Å²) in [4.78, 5) is 15.2. The smallest absolute Gasteiger partial charge is 0.293 e. The topological polar surface area (TPSA) is 87.4 Å². The summed E-state index contributed by atoms with van der Waals surface area (Å²) in [6.45, 7) is -0.247. The minimum Gasteiger partial charge on any atom is -0.394 e. The maximum absolute atomic E-state index is 11.4. The Balaban J connectivity index is 2.68. The molecule has 1 unspecified atom stereocenters. The Morgan fingerprint density at radius 2 is 2.43 bits per heavy atom. The lowest BCUT2D eigenvalue weighted by molar-refractivity contribution is 0.105. The van der Waals surface area contributed by atoms with E-state index in [9.17, 15) is 4.79 Å². The van der Waals surface area contributed by atoms with E-state index in [4.69, 9.17) is 10.2 Å². The van der Waals surface area contributed by atoms with Crippen LogP contribution in [0.15, 0.2) is 17.2 Å². The molecule has 0 aromatic carbocycles. The number of rotatable bonds is 4. The molecule has 0 radical (unpaired) electrons. The van der Waals surface area contributed by atoms with Crippen molar-refractivity contribution in [3.05, 3.63) is 22.7 Å². The number of aliphatic hydroxyl groups is 2. The van der Waals surface area contributed by atoms with Gasteiger partial charge in [-0.2, -0.15) is 0 Å². The molecular weight excluding hydrogens is 186 g/mol. The van der Waals surface area contributed by atoms with Crippen molar-refractivity contribution < 1.29 is 10.2 Å². The predicted octanol–water partition coefficient (Wildman–Crippen LogP) is -1.45. The van der Waals surface area contributed by atoms with Crippen molar-refractivity contribution >= 4 is 5.82 Å². The van der Waals surface area contributed by atoms with Gasteiger partial charge in [-0.1, -0.05) is 0 Å². The van der Waals surface area contributed by atoms with E-state index in [2.05, 4.69) is 10.3 Å². The Morgan fingerprint density at radius 1 is 1.71 bits per heavy atom. The average Bonchev–Trinajstić information content (AvgIpc) is 2.20. The van der Waals surface area contributed by atoms with E-state index >= 15 is 0 Å². The molecule has 1 atom stereocenters. The molecule has 0 saturated heterocycles. The lowest BCUT2D eigenvalue weighted by atomic mass is 10.4. The second kappa shape index (κ2) is 4.73. The van der Waals surface area contributed by atoms with Crippen molar-refractivity contribution in [1.82, 2.24) is 9.55 Å². The van der Waals surface area contributed by atoms with Crippen molar-refractivity contribution in [2.75, 3.05) is 18.5 Å². The van der Waals surface area contributed by atoms with Crippen molar-refractivity contribution in [3.8, 4) is 0 Å². The molecular formula is C8H13N3O3. The van der Waals surface area contributed by atoms with Crippen molar-refractivity contribution in [2.24, 2.45) is 7.05 Å². The van der Waals surface area contributed by atoms with Crippen LogP contribution in [0.3, 0.4) is 0 Å². The molecule has 0 aliphatic rings. The number of hydrogen-bond donors (Lipinski definition) is 3. The molecule has 14 heavy (non-hydrogen) atoms. The number of hydrogen-bond acceptors (Lipinski definition) is 5. The lowest BCUT2D eigenvalue weighted by Crippen LogP contribution is -2.28. The lowest BCUT2D eigenvalue weighted by Gasteiger charge is -2.09. The summed E-state index contributed by atoms with van der Waals surface area (Å²) >= 11 is 0. The molecule has 1 rings (SSSR count). The van der Waals surface area contributed by atoms with Gasteiger partial charge in [-0.3, -0.25) is 4.79 Å². The van der Waals surface area contributed by atoms with Gasteiger partial charge in [-0.15, -0.1) is 0 Å². The first-order valence-electron chi connectivity index (χ1n) is 4.19. The fourth-order valence-corrected chi connectivity index (χ4v) is 0.898. The monoisotopic (exact) mass is 199 g/mol. The average molecular weight is 199 g/mol. The van der Waals surface area contributed by atoms with Crippen molar-refractivity contribution in [3.63, 3.8) is 0 Å². The summed E-state index contributed by atoms with van der Waals surface area (Å²) in [5.74, 6) is 0.169. The third kappa shape index (κ3) is 2.54. The van der Waals surface area contributed by atoms with Gasteiger partial charge in [0.25, 0.3) is 5.56 Å². The maximum atomic E-state index is 11.4. The van der Waals surface area contributed by atoms with Gasteiger partial charge in [0.1, 0.15) is 0 Å². The third-order valence-electron chi connectivity index (χ3n) is 1.73. The zero-order valence-corrected chi connectivity index (χ0v) is 7.84. The van der Waals surface area contributed by atoms with Crippen LogP contribution >= 0.6 is 0 Å². The highest BCUT2D eigenvalue weighted by Gasteiger charge is 2.05. The van der Waals surface area contributed by atoms with Crippen molar-refractivity contribution in [2.45, 2.75) is 6.10 Å². The zero-order chi connectivity index (χ0) is 10.6. The molecule has 0 spiro atoms. The molecule has 0 aliphatic carbocycles. The largest absolute Gasteiger partial charge is 0.394 e. The highest BCUT2D eigenvalue weighted by atomic mass is 16.3. The van der Waals surface area contributed by atoms with Crippen LogP contribution in [0.5, 0.6) is 0 Å². The van der Waals surface area contributed by atoms with Gasteiger partial charge in [0.05, 0.1) is 12.7 Å². The number of aromatic nitrogens is 2. The molecule has 0 saturated carbocycles.